The third kappa shape index (κ3) is 8.76. The van der Waals surface area contributed by atoms with Gasteiger partial charge >= 0.3 is 8.80 Å². The van der Waals surface area contributed by atoms with Gasteiger partial charge in [0.05, 0.1) is 20.6 Å². The van der Waals surface area contributed by atoms with Gasteiger partial charge in [0.25, 0.3) is 0 Å². The van der Waals surface area contributed by atoms with Crippen molar-refractivity contribution in [1.29, 1.82) is 0 Å². The van der Waals surface area contributed by atoms with Gasteiger partial charge < -0.3 is 27.2 Å². The van der Waals surface area contributed by atoms with E-state index in [-0.39, 0.29) is 0 Å². The maximum atomic E-state index is 6.18. The Balaban J connectivity index is 1.71. The van der Waals surface area contributed by atoms with E-state index in [1.165, 1.54) is 5.56 Å². The van der Waals surface area contributed by atoms with E-state index < -0.39 is 8.80 Å². The molecule has 36 heavy (non-hydrogen) atoms. The van der Waals surface area contributed by atoms with Crippen molar-refractivity contribution >= 4 is 8.80 Å². The Labute approximate surface area is 217 Å². The molecule has 0 aromatic heterocycles. The van der Waals surface area contributed by atoms with Crippen molar-refractivity contribution in [2.75, 3.05) is 42.0 Å². The zero-order valence-corrected chi connectivity index (χ0v) is 23.2. The van der Waals surface area contributed by atoms with Crippen molar-refractivity contribution in [3.63, 3.8) is 0 Å². The molecule has 0 bridgehead atoms. The average molecular weight is 511 g/mol. The number of hydrogen-bond acceptors (Lipinski definition) is 5. The Morgan fingerprint density at radius 3 is 1.56 bits per heavy atom. The van der Waals surface area contributed by atoms with E-state index in [0.717, 1.165) is 52.7 Å². The smallest absolute Gasteiger partial charge is 0.489 e. The molecule has 6 nitrogen and oxygen atoms in total. The summed E-state index contributed by atoms with van der Waals surface area (Å²) in [6.07, 6.45) is 0.941. The molecule has 0 saturated carbocycles. The lowest BCUT2D eigenvalue weighted by molar-refractivity contribution is -0.903. The number of hydrogen-bond donors (Lipinski definition) is 0. The van der Waals surface area contributed by atoms with Crippen molar-refractivity contribution in [2.45, 2.75) is 32.2 Å². The lowest BCUT2D eigenvalue weighted by Crippen LogP contribution is -2.45. The summed E-state index contributed by atoms with van der Waals surface area (Å²) in [4.78, 5) is 0. The summed E-state index contributed by atoms with van der Waals surface area (Å²) < 4.78 is 29.9. The van der Waals surface area contributed by atoms with Gasteiger partial charge in [0.15, 0.2) is 0 Å². The molecule has 0 unspecified atom stereocenters. The highest BCUT2D eigenvalue weighted by Crippen LogP contribution is 2.27. The first-order chi connectivity index (χ1) is 17.4. The fraction of sp³-hybridized carbons (Fsp3) is 0.379. The molecule has 0 aliphatic carbocycles. The number of nitrogens with zero attached hydrogens (tertiary/aromatic N) is 1. The van der Waals surface area contributed by atoms with Crippen LogP contribution in [0.5, 0.6) is 11.5 Å². The molecular weight excluding hydrogens is 470 g/mol. The molecule has 0 N–H and O–H groups in total. The zero-order valence-electron chi connectivity index (χ0n) is 22.2. The van der Waals surface area contributed by atoms with E-state index >= 15 is 0 Å². The third-order valence-electron chi connectivity index (χ3n) is 6.23. The maximum absolute atomic E-state index is 6.18. The molecule has 194 valence electrons. The largest absolute Gasteiger partial charge is 0.500 e. The topological polar surface area (TPSA) is 46.2 Å². The van der Waals surface area contributed by atoms with E-state index in [2.05, 4.69) is 50.5 Å². The standard InChI is InChI=1S/C29H40NO5Si/c1-30(2,17-12-18-36(31-3,32-4)33-5)22-27-19-28(34-23-25-13-8-6-9-14-25)21-29(20-27)35-24-26-15-10-7-11-16-26/h6-11,13-16,19-21H,12,17-18,22-24H2,1-5H3/q+1. The minimum atomic E-state index is -2.56. The molecule has 0 amide bonds. The highest BCUT2D eigenvalue weighted by molar-refractivity contribution is 6.60. The molecule has 0 radical (unpaired) electrons. The van der Waals surface area contributed by atoms with Crippen molar-refractivity contribution in [3.05, 3.63) is 95.6 Å². The van der Waals surface area contributed by atoms with E-state index in [1.54, 1.807) is 21.3 Å². The summed E-state index contributed by atoms with van der Waals surface area (Å²) >= 11 is 0. The molecule has 0 fully saturated rings. The highest BCUT2D eigenvalue weighted by atomic mass is 28.4. The van der Waals surface area contributed by atoms with Gasteiger partial charge in [0.2, 0.25) is 0 Å². The minimum Gasteiger partial charge on any atom is -0.489 e. The van der Waals surface area contributed by atoms with Crippen LogP contribution in [0.3, 0.4) is 0 Å². The van der Waals surface area contributed by atoms with Gasteiger partial charge in [-0.1, -0.05) is 60.7 Å². The molecule has 0 saturated heterocycles. The molecule has 7 heteroatoms. The quantitative estimate of drug-likeness (QED) is 0.194. The predicted octanol–water partition coefficient (Wildman–Crippen LogP) is 5.69. The molecule has 3 rings (SSSR count). The van der Waals surface area contributed by atoms with Gasteiger partial charge in [0.1, 0.15) is 31.3 Å². The Hall–Kier alpha value is -2.68. The molecule has 0 heterocycles. The molecular formula is C29H40NO5Si+. The summed E-state index contributed by atoms with van der Waals surface area (Å²) in [6.45, 7) is 2.82. The van der Waals surface area contributed by atoms with Crippen LogP contribution in [0.15, 0.2) is 78.9 Å². The lowest BCUT2D eigenvalue weighted by Gasteiger charge is -2.31. The fourth-order valence-corrected chi connectivity index (χ4v) is 5.93. The first-order valence-electron chi connectivity index (χ1n) is 12.3. The van der Waals surface area contributed by atoms with Crippen LogP contribution in [0.4, 0.5) is 0 Å². The second-order valence-corrected chi connectivity index (χ2v) is 12.7. The fourth-order valence-electron chi connectivity index (χ4n) is 4.22. The van der Waals surface area contributed by atoms with Crippen LogP contribution in [0, 0.1) is 0 Å². The van der Waals surface area contributed by atoms with E-state index in [9.17, 15) is 0 Å². The van der Waals surface area contributed by atoms with Crippen molar-refractivity contribution in [1.82, 2.24) is 0 Å². The summed E-state index contributed by atoms with van der Waals surface area (Å²) in [6, 6.07) is 27.4. The van der Waals surface area contributed by atoms with Gasteiger partial charge in [-0.05, 0) is 23.3 Å². The molecule has 3 aromatic carbocycles. The molecule has 0 aliphatic heterocycles. The number of ether oxygens (including phenoxy) is 2. The van der Waals surface area contributed by atoms with E-state index in [0.29, 0.717) is 13.2 Å². The van der Waals surface area contributed by atoms with Crippen molar-refractivity contribution < 1.29 is 27.2 Å². The van der Waals surface area contributed by atoms with Gasteiger partial charge in [-0.3, -0.25) is 0 Å². The number of benzene rings is 3. The Bertz CT molecular complexity index is 972. The summed E-state index contributed by atoms with van der Waals surface area (Å²) in [5.41, 5.74) is 3.43. The third-order valence-corrected chi connectivity index (χ3v) is 9.06. The van der Waals surface area contributed by atoms with Gasteiger partial charge in [-0.2, -0.15) is 0 Å². The zero-order chi connectivity index (χ0) is 25.9. The Morgan fingerprint density at radius 1 is 0.639 bits per heavy atom. The van der Waals surface area contributed by atoms with Crippen LogP contribution < -0.4 is 9.47 Å². The summed E-state index contributed by atoms with van der Waals surface area (Å²) in [7, 11) is 6.90. The predicted molar refractivity (Wildman–Crippen MR) is 145 cm³/mol. The number of quaternary nitrogens is 1. The van der Waals surface area contributed by atoms with Crippen LogP contribution in [0.1, 0.15) is 23.1 Å². The second kappa shape index (κ2) is 13.6. The molecule has 0 aliphatic rings. The molecule has 0 spiro atoms. The second-order valence-electron chi connectivity index (χ2n) is 9.58. The first kappa shape index (κ1) is 27.9. The lowest BCUT2D eigenvalue weighted by atomic mass is 10.1. The maximum Gasteiger partial charge on any atom is 0.500 e. The molecule has 0 atom stereocenters. The SMILES string of the molecule is CO[Si](CCC[N+](C)(C)Cc1cc(OCc2ccccc2)cc(OCc2ccccc2)c1)(OC)OC. The Morgan fingerprint density at radius 2 is 1.11 bits per heavy atom. The van der Waals surface area contributed by atoms with E-state index in [1.807, 2.05) is 42.5 Å². The number of rotatable bonds is 15. The van der Waals surface area contributed by atoms with Crippen LogP contribution in [0.2, 0.25) is 6.04 Å². The van der Waals surface area contributed by atoms with Gasteiger partial charge in [-0.25, -0.2) is 0 Å². The van der Waals surface area contributed by atoms with Crippen LogP contribution >= 0.6 is 0 Å². The molecule has 3 aromatic rings. The highest BCUT2D eigenvalue weighted by Gasteiger charge is 2.37. The first-order valence-corrected chi connectivity index (χ1v) is 14.2. The van der Waals surface area contributed by atoms with E-state index in [4.69, 9.17) is 22.8 Å². The summed E-state index contributed by atoms with van der Waals surface area (Å²) in [5, 5.41) is 0. The monoisotopic (exact) mass is 510 g/mol. The van der Waals surface area contributed by atoms with Crippen LogP contribution in [-0.2, 0) is 33.0 Å². The normalized spacial score (nSPS) is 11.9. The van der Waals surface area contributed by atoms with Crippen molar-refractivity contribution in [3.8, 4) is 11.5 Å². The van der Waals surface area contributed by atoms with Crippen LogP contribution in [-0.4, -0.2) is 55.3 Å². The average Bonchev–Trinajstić information content (AvgIpc) is 2.90. The van der Waals surface area contributed by atoms with Gasteiger partial charge in [-0.15, -0.1) is 0 Å². The Kier molecular flexibility index (Phi) is 10.5. The van der Waals surface area contributed by atoms with Gasteiger partial charge in [0, 0.05) is 45.4 Å². The minimum absolute atomic E-state index is 0.512. The summed E-state index contributed by atoms with van der Waals surface area (Å²) in [5.74, 6) is 1.62. The van der Waals surface area contributed by atoms with Crippen LogP contribution in [0.25, 0.3) is 0 Å². The van der Waals surface area contributed by atoms with Crippen molar-refractivity contribution in [2.24, 2.45) is 0 Å².